The van der Waals surface area contributed by atoms with Crippen LogP contribution in [0, 0.1) is 29.1 Å². The van der Waals surface area contributed by atoms with Crippen molar-refractivity contribution in [2.45, 2.75) is 90.4 Å². The van der Waals surface area contributed by atoms with Crippen LogP contribution in [0.2, 0.25) is 0 Å². The van der Waals surface area contributed by atoms with E-state index in [2.05, 4.69) is 19.1 Å². The van der Waals surface area contributed by atoms with Crippen LogP contribution in [0.3, 0.4) is 0 Å². The van der Waals surface area contributed by atoms with E-state index in [1.165, 1.54) is 5.57 Å². The molecular formula is C24H38O5. The van der Waals surface area contributed by atoms with Gasteiger partial charge in [-0.2, -0.15) is 0 Å². The zero-order valence-electron chi connectivity index (χ0n) is 18.1. The number of hydrogen-bond acceptors (Lipinski definition) is 4. The highest BCUT2D eigenvalue weighted by molar-refractivity contribution is 5.67. The lowest BCUT2D eigenvalue weighted by molar-refractivity contribution is -0.140. The number of rotatable bonds is 5. The summed E-state index contributed by atoms with van der Waals surface area (Å²) in [4.78, 5) is 11.0. The molecule has 0 saturated heterocycles. The molecule has 3 rings (SSSR count). The average molecular weight is 407 g/mol. The van der Waals surface area contributed by atoms with Crippen molar-refractivity contribution in [3.63, 3.8) is 0 Å². The average Bonchev–Trinajstić information content (AvgIpc) is 2.99. The van der Waals surface area contributed by atoms with Crippen molar-refractivity contribution in [3.05, 3.63) is 23.3 Å². The first-order valence-electron chi connectivity index (χ1n) is 11.3. The fourth-order valence-electron chi connectivity index (χ4n) is 6.48. The van der Waals surface area contributed by atoms with E-state index in [0.29, 0.717) is 24.7 Å². The Morgan fingerprint density at radius 1 is 1.24 bits per heavy atom. The summed E-state index contributed by atoms with van der Waals surface area (Å²) in [6, 6.07) is 0. The Bertz CT molecular complexity index is 668. The van der Waals surface area contributed by atoms with Gasteiger partial charge in [-0.1, -0.05) is 44.1 Å². The molecule has 3 aliphatic rings. The zero-order valence-corrected chi connectivity index (χ0v) is 18.1. The molecule has 0 aromatic carbocycles. The molecule has 5 nitrogen and oxygen atoms in total. The third-order valence-electron chi connectivity index (χ3n) is 8.32. The van der Waals surface area contributed by atoms with E-state index in [0.717, 1.165) is 37.7 Å². The molecular weight excluding hydrogens is 368 g/mol. The maximum atomic E-state index is 11.0. The van der Waals surface area contributed by atoms with E-state index in [4.69, 9.17) is 5.11 Å². The smallest absolute Gasteiger partial charge is 0.305 e. The molecule has 3 fully saturated rings. The predicted octanol–water partition coefficient (Wildman–Crippen LogP) is 3.68. The first-order chi connectivity index (χ1) is 13.6. The Hall–Kier alpha value is -1.17. The number of carboxylic acid groups (broad SMARTS) is 1. The molecule has 1 unspecified atom stereocenters. The van der Waals surface area contributed by atoms with Crippen LogP contribution >= 0.6 is 0 Å². The molecule has 0 bridgehead atoms. The number of carbonyl (C=O) groups is 1. The topological polar surface area (TPSA) is 98.0 Å². The molecule has 3 saturated carbocycles. The molecule has 164 valence electrons. The molecule has 0 aromatic rings. The number of hydrogen-bond donors (Lipinski definition) is 4. The van der Waals surface area contributed by atoms with Crippen molar-refractivity contribution in [1.82, 2.24) is 0 Å². The van der Waals surface area contributed by atoms with E-state index >= 15 is 0 Å². The summed E-state index contributed by atoms with van der Waals surface area (Å²) in [6.45, 7) is 6.37. The van der Waals surface area contributed by atoms with Crippen LogP contribution < -0.4 is 0 Å². The number of aliphatic carboxylic acids is 1. The van der Waals surface area contributed by atoms with Crippen molar-refractivity contribution in [1.29, 1.82) is 0 Å². The van der Waals surface area contributed by atoms with E-state index in [9.17, 15) is 20.1 Å². The second-order valence-corrected chi connectivity index (χ2v) is 10.1. The van der Waals surface area contributed by atoms with Gasteiger partial charge in [0.25, 0.3) is 0 Å². The minimum Gasteiger partial charge on any atom is -0.481 e. The minimum atomic E-state index is -0.939. The number of allylic oxidation sites excluding steroid dienone is 3. The van der Waals surface area contributed by atoms with Gasteiger partial charge in [-0.25, -0.2) is 0 Å². The Morgan fingerprint density at radius 3 is 2.62 bits per heavy atom. The van der Waals surface area contributed by atoms with Crippen LogP contribution in [0.5, 0.6) is 0 Å². The van der Waals surface area contributed by atoms with Gasteiger partial charge in [0.05, 0.1) is 24.7 Å². The summed E-state index contributed by atoms with van der Waals surface area (Å²) >= 11 is 0. The third kappa shape index (κ3) is 4.62. The second kappa shape index (κ2) is 8.91. The van der Waals surface area contributed by atoms with Gasteiger partial charge in [0.15, 0.2) is 0 Å². The van der Waals surface area contributed by atoms with Crippen molar-refractivity contribution < 1.29 is 25.2 Å². The van der Waals surface area contributed by atoms with E-state index < -0.39 is 24.3 Å². The predicted molar refractivity (Wildman–Crippen MR) is 112 cm³/mol. The number of aliphatic hydroxyl groups is 3. The van der Waals surface area contributed by atoms with Crippen LogP contribution in [0.15, 0.2) is 23.3 Å². The molecule has 0 radical (unpaired) electrons. The van der Waals surface area contributed by atoms with Crippen LogP contribution in [0.1, 0.15) is 72.1 Å². The van der Waals surface area contributed by atoms with Gasteiger partial charge in [-0.15, -0.1) is 0 Å². The summed E-state index contributed by atoms with van der Waals surface area (Å²) in [5.74, 6) is -0.0946. The summed E-state index contributed by atoms with van der Waals surface area (Å²) in [7, 11) is 0. The minimum absolute atomic E-state index is 0.0255. The first-order valence-corrected chi connectivity index (χ1v) is 11.3. The molecule has 4 N–H and O–H groups in total. The van der Waals surface area contributed by atoms with Gasteiger partial charge in [-0.05, 0) is 61.7 Å². The maximum absolute atomic E-state index is 11.0. The van der Waals surface area contributed by atoms with Gasteiger partial charge < -0.3 is 20.4 Å². The first kappa shape index (κ1) is 22.5. The Balaban J connectivity index is 1.78. The quantitative estimate of drug-likeness (QED) is 0.558. The Labute approximate surface area is 174 Å². The lowest BCUT2D eigenvalue weighted by atomic mass is 9.60. The number of aliphatic hydroxyl groups excluding tert-OH is 3. The van der Waals surface area contributed by atoms with Gasteiger partial charge in [0.1, 0.15) is 0 Å². The zero-order chi connectivity index (χ0) is 21.3. The Kier molecular flexibility index (Phi) is 6.91. The summed E-state index contributed by atoms with van der Waals surface area (Å²) in [6.07, 6.45) is 8.94. The molecule has 3 aliphatic carbocycles. The van der Waals surface area contributed by atoms with Crippen LogP contribution in [-0.4, -0.2) is 44.7 Å². The van der Waals surface area contributed by atoms with E-state index in [1.807, 2.05) is 13.8 Å². The van der Waals surface area contributed by atoms with E-state index in [1.54, 1.807) is 0 Å². The SMILES string of the molecule is C[C@@H]1/C(=C\C=C2CCC[C@]3(C)[C@@H]([C@H](C)C(O)CC(=O)O)CC[C@@H]23)C[C@H](O)C[C@H]1O. The normalized spacial score (nSPS) is 42.6. The molecule has 0 amide bonds. The molecule has 29 heavy (non-hydrogen) atoms. The Morgan fingerprint density at radius 2 is 1.93 bits per heavy atom. The van der Waals surface area contributed by atoms with Crippen LogP contribution in [0.25, 0.3) is 0 Å². The lowest BCUT2D eigenvalue weighted by Gasteiger charge is -2.45. The van der Waals surface area contributed by atoms with Gasteiger partial charge in [0, 0.05) is 12.3 Å². The second-order valence-electron chi connectivity index (χ2n) is 10.1. The van der Waals surface area contributed by atoms with Crippen molar-refractivity contribution in [2.75, 3.05) is 0 Å². The highest BCUT2D eigenvalue weighted by atomic mass is 16.4. The third-order valence-corrected chi connectivity index (χ3v) is 8.32. The fourth-order valence-corrected chi connectivity index (χ4v) is 6.48. The summed E-state index contributed by atoms with van der Waals surface area (Å²) in [5.41, 5.74) is 2.66. The fraction of sp³-hybridized carbons (Fsp3) is 0.792. The molecule has 0 aromatic heterocycles. The molecule has 0 heterocycles. The molecule has 5 heteroatoms. The van der Waals surface area contributed by atoms with Gasteiger partial charge >= 0.3 is 5.97 Å². The standard InChI is InChI=1S/C24H38O5/c1-14-17(11-18(25)12-21(14)26)7-6-16-5-4-10-24(3)19(8-9-20(16)24)15(2)22(27)13-23(28)29/h6-7,14-15,18-22,25-27H,4-5,8-13H2,1-3H3,(H,28,29)/b16-6?,17-7-/t14-,15+,18+,19-,20+,21-,22?,24-/m1/s1. The monoisotopic (exact) mass is 406 g/mol. The highest BCUT2D eigenvalue weighted by Crippen LogP contribution is 2.59. The molecule has 0 aliphatic heterocycles. The molecule has 8 atom stereocenters. The van der Waals surface area contributed by atoms with Crippen molar-refractivity contribution in [3.8, 4) is 0 Å². The maximum Gasteiger partial charge on any atom is 0.305 e. The van der Waals surface area contributed by atoms with Gasteiger partial charge in [-0.3, -0.25) is 4.79 Å². The van der Waals surface area contributed by atoms with Crippen molar-refractivity contribution in [2.24, 2.45) is 29.1 Å². The summed E-state index contributed by atoms with van der Waals surface area (Å²) < 4.78 is 0. The van der Waals surface area contributed by atoms with Crippen LogP contribution in [-0.2, 0) is 4.79 Å². The highest BCUT2D eigenvalue weighted by Gasteiger charge is 2.51. The van der Waals surface area contributed by atoms with E-state index in [-0.39, 0.29) is 23.7 Å². The van der Waals surface area contributed by atoms with Gasteiger partial charge in [0.2, 0.25) is 0 Å². The number of carboxylic acids is 1. The molecule has 0 spiro atoms. The van der Waals surface area contributed by atoms with Crippen LogP contribution in [0.4, 0.5) is 0 Å². The number of fused-ring (bicyclic) bond motifs is 1. The lowest BCUT2D eigenvalue weighted by Crippen LogP contribution is -2.39. The largest absolute Gasteiger partial charge is 0.481 e. The summed E-state index contributed by atoms with van der Waals surface area (Å²) in [5, 5.41) is 39.7. The van der Waals surface area contributed by atoms with Crippen molar-refractivity contribution >= 4 is 5.97 Å².